The van der Waals surface area contributed by atoms with Gasteiger partial charge in [-0.1, -0.05) is 149 Å². The fourth-order valence-corrected chi connectivity index (χ4v) is 12.1. The Balaban J connectivity index is 1.05. The molecule has 1 spiro atoms. The molecule has 73 heavy (non-hydrogen) atoms. The Hall–Kier alpha value is -9.22. The quantitative estimate of drug-likeness (QED) is 0.142. The van der Waals surface area contributed by atoms with E-state index in [2.05, 4.69) is 230 Å². The maximum atomic E-state index is 9.74. The SMILES string of the molecule is [C-]#[N+]c1ccc(N(c2ccc(C(C)C)cc2)c2ccc3cc4c(cc3c2)C2(c3ccccc3-c3c2ccc2ccccc32)c2c-4ccc3cc(N(c4ccc(C#N)cc4)c4ccc(C(C)C)cc4)ccc23)cc1. The van der Waals surface area contributed by atoms with Gasteiger partial charge in [-0.15, -0.1) is 0 Å². The number of fused-ring (bicyclic) bond motifs is 15. The number of anilines is 6. The first kappa shape index (κ1) is 43.8. The molecule has 4 nitrogen and oxygen atoms in total. The first-order valence-electron chi connectivity index (χ1n) is 25.3. The Morgan fingerprint density at radius 2 is 0.973 bits per heavy atom. The summed E-state index contributed by atoms with van der Waals surface area (Å²) in [6.07, 6.45) is 0. The molecule has 0 bridgehead atoms. The van der Waals surface area contributed by atoms with E-state index in [1.165, 1.54) is 77.2 Å². The molecule has 2 aliphatic rings. The van der Waals surface area contributed by atoms with Gasteiger partial charge >= 0.3 is 0 Å². The van der Waals surface area contributed by atoms with E-state index in [-0.39, 0.29) is 0 Å². The van der Waals surface area contributed by atoms with Gasteiger partial charge in [0, 0.05) is 34.1 Å². The highest BCUT2D eigenvalue weighted by Gasteiger charge is 2.53. The van der Waals surface area contributed by atoms with Gasteiger partial charge in [0.15, 0.2) is 5.69 Å². The van der Waals surface area contributed by atoms with Crippen LogP contribution < -0.4 is 9.80 Å². The van der Waals surface area contributed by atoms with E-state index in [0.29, 0.717) is 23.1 Å². The fourth-order valence-electron chi connectivity index (χ4n) is 12.1. The lowest BCUT2D eigenvalue weighted by Crippen LogP contribution is -2.26. The van der Waals surface area contributed by atoms with Crippen molar-refractivity contribution in [1.82, 2.24) is 0 Å². The second kappa shape index (κ2) is 17.0. The van der Waals surface area contributed by atoms with E-state index in [9.17, 15) is 5.26 Å². The van der Waals surface area contributed by atoms with E-state index in [1.807, 2.05) is 36.4 Å². The molecular formula is C69H50N4. The zero-order valence-corrected chi connectivity index (χ0v) is 41.2. The highest BCUT2D eigenvalue weighted by atomic mass is 15.1. The van der Waals surface area contributed by atoms with Crippen LogP contribution in [0.15, 0.2) is 218 Å². The number of hydrogen-bond donors (Lipinski definition) is 0. The van der Waals surface area contributed by atoms with Gasteiger partial charge < -0.3 is 9.80 Å². The first-order valence-corrected chi connectivity index (χ1v) is 25.3. The third-order valence-electron chi connectivity index (χ3n) is 15.6. The van der Waals surface area contributed by atoms with E-state index in [4.69, 9.17) is 6.57 Å². The standard InChI is InChI=1S/C69H50N4/c1-43(2)46-16-27-54(28-17-46)72(53-25-14-45(42-70)15-26-53)58-34-36-60-50(38-58)21-35-61-63-40-49-20-31-57(73(56-32-23-52(71-5)24-33-56)55-29-18-47(19-30-55)44(3)4)39-51(49)41-66(63)69(68(60)61)64-13-9-8-12-62(64)67-59-11-7-6-10-48(59)22-37-65(67)69/h6-41,43-44H,1-4H3. The van der Waals surface area contributed by atoms with Gasteiger partial charge in [-0.3, -0.25) is 0 Å². The lowest BCUT2D eigenvalue weighted by molar-refractivity contribution is 0.803. The summed E-state index contributed by atoms with van der Waals surface area (Å²) in [6.45, 7) is 16.6. The Morgan fingerprint density at radius 1 is 0.425 bits per heavy atom. The lowest BCUT2D eigenvalue weighted by Gasteiger charge is -2.32. The molecule has 0 radical (unpaired) electrons. The zero-order valence-electron chi connectivity index (χ0n) is 41.2. The van der Waals surface area contributed by atoms with Gasteiger partial charge in [-0.2, -0.15) is 5.26 Å². The fraction of sp³-hybridized carbons (Fsp3) is 0.101. The van der Waals surface area contributed by atoms with Crippen molar-refractivity contribution in [3.8, 4) is 28.3 Å². The molecule has 13 rings (SSSR count). The summed E-state index contributed by atoms with van der Waals surface area (Å²) in [4.78, 5) is 8.33. The van der Waals surface area contributed by atoms with Crippen molar-refractivity contribution in [2.75, 3.05) is 9.80 Å². The van der Waals surface area contributed by atoms with Crippen molar-refractivity contribution in [3.05, 3.63) is 269 Å². The summed E-state index contributed by atoms with van der Waals surface area (Å²) in [6, 6.07) is 82.1. The highest BCUT2D eigenvalue weighted by molar-refractivity contribution is 6.11. The maximum Gasteiger partial charge on any atom is 0.187 e. The first-order chi connectivity index (χ1) is 35.7. The van der Waals surface area contributed by atoms with Crippen LogP contribution >= 0.6 is 0 Å². The molecule has 2 aliphatic carbocycles. The van der Waals surface area contributed by atoms with Gasteiger partial charge in [-0.25, -0.2) is 4.85 Å². The van der Waals surface area contributed by atoms with Crippen molar-refractivity contribution in [2.45, 2.75) is 44.9 Å². The number of nitrogens with zero attached hydrogens (tertiary/aromatic N) is 4. The Labute approximate surface area is 427 Å². The van der Waals surface area contributed by atoms with Crippen LogP contribution in [0, 0.1) is 17.9 Å². The third kappa shape index (κ3) is 6.79. The predicted molar refractivity (Wildman–Crippen MR) is 304 cm³/mol. The molecule has 346 valence electrons. The topological polar surface area (TPSA) is 34.6 Å². The molecule has 1 atom stereocenters. The second-order valence-electron chi connectivity index (χ2n) is 20.3. The van der Waals surface area contributed by atoms with Gasteiger partial charge in [-0.05, 0) is 197 Å². The monoisotopic (exact) mass is 934 g/mol. The third-order valence-corrected chi connectivity index (χ3v) is 15.6. The largest absolute Gasteiger partial charge is 0.311 e. The molecule has 0 heterocycles. The Bertz CT molecular complexity index is 4100. The lowest BCUT2D eigenvalue weighted by atomic mass is 9.69. The number of rotatable bonds is 8. The van der Waals surface area contributed by atoms with Crippen LogP contribution in [0.5, 0.6) is 0 Å². The molecule has 11 aromatic carbocycles. The minimum absolute atomic E-state index is 0.414. The molecule has 0 fully saturated rings. The smallest absolute Gasteiger partial charge is 0.187 e. The van der Waals surface area contributed by atoms with Gasteiger partial charge in [0.2, 0.25) is 0 Å². The van der Waals surface area contributed by atoms with Crippen molar-refractivity contribution in [3.63, 3.8) is 0 Å². The molecule has 11 aromatic rings. The molecule has 4 heteroatoms. The van der Waals surface area contributed by atoms with Crippen molar-refractivity contribution < 1.29 is 0 Å². The average Bonchev–Trinajstić information content (AvgIpc) is 3.92. The summed E-state index contributed by atoms with van der Waals surface area (Å²) in [7, 11) is 0. The minimum atomic E-state index is -0.632. The van der Waals surface area contributed by atoms with Crippen LogP contribution in [-0.2, 0) is 5.41 Å². The van der Waals surface area contributed by atoms with Crippen LogP contribution in [0.25, 0.3) is 59.4 Å². The minimum Gasteiger partial charge on any atom is -0.311 e. The van der Waals surface area contributed by atoms with Crippen LogP contribution in [-0.4, -0.2) is 0 Å². The van der Waals surface area contributed by atoms with Crippen LogP contribution in [0.3, 0.4) is 0 Å². The van der Waals surface area contributed by atoms with Crippen molar-refractivity contribution >= 4 is 72.1 Å². The zero-order chi connectivity index (χ0) is 49.5. The van der Waals surface area contributed by atoms with Crippen molar-refractivity contribution in [1.29, 1.82) is 5.26 Å². The van der Waals surface area contributed by atoms with Crippen LogP contribution in [0.4, 0.5) is 39.8 Å². The van der Waals surface area contributed by atoms with Crippen LogP contribution in [0.1, 0.15) is 78.5 Å². The van der Waals surface area contributed by atoms with Crippen molar-refractivity contribution in [2.24, 2.45) is 0 Å². The van der Waals surface area contributed by atoms with Gasteiger partial charge in [0.25, 0.3) is 0 Å². The molecule has 0 saturated heterocycles. The summed E-state index contributed by atoms with van der Waals surface area (Å²) in [5, 5.41) is 16.9. The number of benzene rings is 11. The molecule has 0 saturated carbocycles. The second-order valence-corrected chi connectivity index (χ2v) is 20.3. The molecule has 1 unspecified atom stereocenters. The highest BCUT2D eigenvalue weighted by Crippen LogP contribution is 2.65. The summed E-state index contributed by atoms with van der Waals surface area (Å²) >= 11 is 0. The Kier molecular flexibility index (Phi) is 10.2. The molecule has 0 amide bonds. The van der Waals surface area contributed by atoms with Gasteiger partial charge in [0.1, 0.15) is 0 Å². The summed E-state index contributed by atoms with van der Waals surface area (Å²) in [5.41, 5.74) is 19.6. The van der Waals surface area contributed by atoms with Crippen LogP contribution in [0.2, 0.25) is 0 Å². The van der Waals surface area contributed by atoms with E-state index in [0.717, 1.165) is 44.9 Å². The van der Waals surface area contributed by atoms with E-state index < -0.39 is 5.41 Å². The molecular weight excluding hydrogens is 885 g/mol. The predicted octanol–water partition coefficient (Wildman–Crippen LogP) is 19.1. The van der Waals surface area contributed by atoms with Gasteiger partial charge in [0.05, 0.1) is 23.6 Å². The molecule has 0 N–H and O–H groups in total. The Morgan fingerprint density at radius 3 is 1.62 bits per heavy atom. The van der Waals surface area contributed by atoms with E-state index in [1.54, 1.807) is 0 Å². The average molecular weight is 935 g/mol. The summed E-state index contributed by atoms with van der Waals surface area (Å²) < 4.78 is 0. The molecule has 0 aliphatic heterocycles. The van der Waals surface area contributed by atoms with E-state index >= 15 is 0 Å². The normalized spacial score (nSPS) is 14.0. The molecule has 0 aromatic heterocycles. The summed E-state index contributed by atoms with van der Waals surface area (Å²) in [5.74, 6) is 0.830. The maximum absolute atomic E-state index is 9.74. The number of nitriles is 1. The number of hydrogen-bond acceptors (Lipinski definition) is 3.